The summed E-state index contributed by atoms with van der Waals surface area (Å²) in [7, 11) is 0. The molecule has 2 bridgehead atoms. The molecule has 0 spiro atoms. The molecule has 22 heavy (non-hydrogen) atoms. The number of fused-ring (bicyclic) bond motifs is 5. The van der Waals surface area contributed by atoms with Gasteiger partial charge in [-0.05, 0) is 61.1 Å². The second-order valence-electron chi connectivity index (χ2n) is 6.83. The molecule has 120 valence electrons. The van der Waals surface area contributed by atoms with E-state index >= 15 is 0 Å². The van der Waals surface area contributed by atoms with Crippen LogP contribution in [0.5, 0.6) is 0 Å². The second-order valence-corrected chi connectivity index (χ2v) is 6.83. The number of hydrazine groups is 1. The molecule has 5 atom stereocenters. The maximum absolute atomic E-state index is 13.2. The zero-order chi connectivity index (χ0) is 15.5. The average molecular weight is 314 g/mol. The van der Waals surface area contributed by atoms with Gasteiger partial charge in [0.05, 0.1) is 5.56 Å². The molecule has 1 aromatic rings. The summed E-state index contributed by atoms with van der Waals surface area (Å²) >= 11 is 0. The van der Waals surface area contributed by atoms with Crippen LogP contribution in [-0.2, 0) is 6.18 Å². The first-order valence-electron chi connectivity index (χ1n) is 7.81. The van der Waals surface area contributed by atoms with Crippen molar-refractivity contribution in [2.24, 2.45) is 17.8 Å². The van der Waals surface area contributed by atoms with Crippen molar-refractivity contribution in [2.45, 2.75) is 43.9 Å². The van der Waals surface area contributed by atoms with Gasteiger partial charge in [-0.25, -0.2) is 4.39 Å². The van der Waals surface area contributed by atoms with E-state index < -0.39 is 23.6 Å². The highest BCUT2D eigenvalue weighted by Gasteiger charge is 2.50. The van der Waals surface area contributed by atoms with Crippen LogP contribution in [0.2, 0.25) is 0 Å². The summed E-state index contributed by atoms with van der Waals surface area (Å²) in [4.78, 5) is 0. The monoisotopic (exact) mass is 314 g/mol. The van der Waals surface area contributed by atoms with Gasteiger partial charge in [-0.3, -0.25) is 10.9 Å². The molecule has 0 amide bonds. The van der Waals surface area contributed by atoms with Crippen molar-refractivity contribution in [2.75, 3.05) is 0 Å². The lowest BCUT2D eigenvalue weighted by molar-refractivity contribution is -0.138. The lowest BCUT2D eigenvalue weighted by Gasteiger charge is -2.41. The van der Waals surface area contributed by atoms with Gasteiger partial charge < -0.3 is 0 Å². The van der Waals surface area contributed by atoms with Crippen LogP contribution in [0.25, 0.3) is 0 Å². The van der Waals surface area contributed by atoms with Crippen LogP contribution in [0.15, 0.2) is 18.2 Å². The van der Waals surface area contributed by atoms with Crippen LogP contribution in [0, 0.1) is 23.6 Å². The highest BCUT2D eigenvalue weighted by molar-refractivity contribution is 5.33. The van der Waals surface area contributed by atoms with Crippen molar-refractivity contribution in [3.8, 4) is 0 Å². The molecule has 5 unspecified atom stereocenters. The van der Waals surface area contributed by atoms with Crippen LogP contribution in [0.4, 0.5) is 17.6 Å². The molecule has 4 rings (SSSR count). The van der Waals surface area contributed by atoms with E-state index in [0.717, 1.165) is 6.07 Å². The molecule has 3 fully saturated rings. The Labute approximate surface area is 126 Å². The van der Waals surface area contributed by atoms with Crippen LogP contribution >= 0.6 is 0 Å². The third-order valence-electron chi connectivity index (χ3n) is 5.72. The molecule has 0 aromatic heterocycles. The van der Waals surface area contributed by atoms with Crippen molar-refractivity contribution < 1.29 is 17.6 Å². The van der Waals surface area contributed by atoms with Crippen molar-refractivity contribution >= 4 is 0 Å². The van der Waals surface area contributed by atoms with Gasteiger partial charge in [0.25, 0.3) is 0 Å². The number of nitrogens with one attached hydrogen (secondary N) is 2. The Bertz CT molecular complexity index is 586. The maximum atomic E-state index is 13.2. The Kier molecular flexibility index (Phi) is 3.24. The van der Waals surface area contributed by atoms with E-state index in [1.807, 2.05) is 0 Å². The first-order chi connectivity index (χ1) is 10.4. The minimum absolute atomic E-state index is 0.141. The molecule has 3 aliphatic rings. The van der Waals surface area contributed by atoms with E-state index in [9.17, 15) is 17.6 Å². The van der Waals surface area contributed by atoms with Crippen molar-refractivity contribution in [3.63, 3.8) is 0 Å². The average Bonchev–Trinajstić information content (AvgIpc) is 3.07. The SMILES string of the molecule is Fc1ccc(C2CC3C4CCC(C4)C3NN2)c(C(F)(F)F)c1. The fraction of sp³-hybridized carbons (Fsp3) is 0.625. The Morgan fingerprint density at radius 3 is 2.55 bits per heavy atom. The molecular formula is C16H18F4N2. The lowest BCUT2D eigenvalue weighted by Crippen LogP contribution is -2.54. The first-order valence-corrected chi connectivity index (χ1v) is 7.81. The minimum Gasteiger partial charge on any atom is -0.254 e. The Hall–Kier alpha value is -1.14. The van der Waals surface area contributed by atoms with E-state index in [0.29, 0.717) is 36.3 Å². The van der Waals surface area contributed by atoms with Crippen LogP contribution in [0.1, 0.15) is 42.9 Å². The topological polar surface area (TPSA) is 24.1 Å². The van der Waals surface area contributed by atoms with E-state index in [1.165, 1.54) is 25.3 Å². The highest BCUT2D eigenvalue weighted by atomic mass is 19.4. The van der Waals surface area contributed by atoms with Gasteiger partial charge in [-0.15, -0.1) is 0 Å². The van der Waals surface area contributed by atoms with Gasteiger partial charge in [-0.1, -0.05) is 6.07 Å². The summed E-state index contributed by atoms with van der Waals surface area (Å²) in [6.07, 6.45) is -0.254. The van der Waals surface area contributed by atoms with Gasteiger partial charge in [0, 0.05) is 12.1 Å². The van der Waals surface area contributed by atoms with Crippen LogP contribution in [-0.4, -0.2) is 6.04 Å². The molecule has 2 aliphatic carbocycles. The van der Waals surface area contributed by atoms with E-state index in [4.69, 9.17) is 0 Å². The standard InChI is InChI=1S/C16H18F4N2/c17-10-3-4-11(13(6-10)16(18,19)20)14-7-12-8-1-2-9(5-8)15(12)22-21-14/h3-4,6,8-9,12,14-15,21-22H,1-2,5,7H2. The smallest absolute Gasteiger partial charge is 0.254 e. The predicted molar refractivity (Wildman–Crippen MR) is 73.1 cm³/mol. The minimum atomic E-state index is -4.54. The summed E-state index contributed by atoms with van der Waals surface area (Å²) in [6, 6.07) is 2.94. The first kappa shape index (κ1) is 14.5. The molecule has 1 aliphatic heterocycles. The van der Waals surface area contributed by atoms with Crippen molar-refractivity contribution in [1.29, 1.82) is 0 Å². The number of hydrogen-bond acceptors (Lipinski definition) is 2. The number of halogens is 4. The Morgan fingerprint density at radius 2 is 1.77 bits per heavy atom. The molecule has 1 saturated heterocycles. The predicted octanol–water partition coefficient (Wildman–Crippen LogP) is 3.80. The fourth-order valence-electron chi connectivity index (χ4n) is 4.78. The second kappa shape index (κ2) is 4.93. The van der Waals surface area contributed by atoms with Gasteiger partial charge in [-0.2, -0.15) is 13.2 Å². The molecule has 0 radical (unpaired) electrons. The van der Waals surface area contributed by atoms with Gasteiger partial charge >= 0.3 is 6.18 Å². The fourth-order valence-corrected chi connectivity index (χ4v) is 4.78. The van der Waals surface area contributed by atoms with E-state index in [-0.39, 0.29) is 5.56 Å². The summed E-state index contributed by atoms with van der Waals surface area (Å²) in [5.41, 5.74) is 5.57. The quantitative estimate of drug-likeness (QED) is 0.771. The normalized spacial score (nSPS) is 37.4. The highest BCUT2D eigenvalue weighted by Crippen LogP contribution is 2.52. The van der Waals surface area contributed by atoms with E-state index in [2.05, 4.69) is 10.9 Å². The molecular weight excluding hydrogens is 296 g/mol. The van der Waals surface area contributed by atoms with Crippen LogP contribution < -0.4 is 10.9 Å². The summed E-state index contributed by atoms with van der Waals surface area (Å²) in [5.74, 6) is 0.856. The molecule has 2 nitrogen and oxygen atoms in total. The van der Waals surface area contributed by atoms with E-state index in [1.54, 1.807) is 0 Å². The number of alkyl halides is 3. The third-order valence-corrected chi connectivity index (χ3v) is 5.72. The summed E-state index contributed by atoms with van der Waals surface area (Å²) in [5, 5.41) is 0. The molecule has 6 heteroatoms. The van der Waals surface area contributed by atoms with Crippen LogP contribution in [0.3, 0.4) is 0 Å². The molecule has 1 heterocycles. The lowest BCUT2D eigenvalue weighted by atomic mass is 9.78. The third kappa shape index (κ3) is 2.24. The zero-order valence-electron chi connectivity index (χ0n) is 12.0. The molecule has 1 aromatic carbocycles. The van der Waals surface area contributed by atoms with Gasteiger partial charge in [0.1, 0.15) is 5.82 Å². The van der Waals surface area contributed by atoms with Gasteiger partial charge in [0.15, 0.2) is 0 Å². The number of rotatable bonds is 1. The van der Waals surface area contributed by atoms with Gasteiger partial charge in [0.2, 0.25) is 0 Å². The number of benzene rings is 1. The molecule has 2 N–H and O–H groups in total. The van der Waals surface area contributed by atoms with Crippen molar-refractivity contribution in [3.05, 3.63) is 35.1 Å². The summed E-state index contributed by atoms with van der Waals surface area (Å²) < 4.78 is 52.8. The Balaban J connectivity index is 1.63. The molecule has 2 saturated carbocycles. The van der Waals surface area contributed by atoms with Crippen molar-refractivity contribution in [1.82, 2.24) is 10.9 Å². The summed E-state index contributed by atoms with van der Waals surface area (Å²) in [6.45, 7) is 0. The number of hydrogen-bond donors (Lipinski definition) is 2. The Morgan fingerprint density at radius 1 is 1.00 bits per heavy atom. The maximum Gasteiger partial charge on any atom is 0.416 e. The zero-order valence-corrected chi connectivity index (χ0v) is 12.0. The largest absolute Gasteiger partial charge is 0.416 e.